The highest BCUT2D eigenvalue weighted by Gasteiger charge is 2.23. The number of pyridine rings is 1. The van der Waals surface area contributed by atoms with Gasteiger partial charge in [-0.25, -0.2) is 9.78 Å². The largest absolute Gasteiger partial charge is 0.368 e. The second-order valence-corrected chi connectivity index (χ2v) is 11.3. The number of thiophene rings is 1. The van der Waals surface area contributed by atoms with Crippen molar-refractivity contribution in [1.82, 2.24) is 19.0 Å². The quantitative estimate of drug-likeness (QED) is 0.424. The van der Waals surface area contributed by atoms with Crippen molar-refractivity contribution >= 4 is 34.1 Å². The fourth-order valence-corrected chi connectivity index (χ4v) is 5.32. The highest BCUT2D eigenvalue weighted by Crippen LogP contribution is 2.26. The molecule has 0 aliphatic carbocycles. The molecule has 1 saturated heterocycles. The Kier molecular flexibility index (Phi) is 6.01. The van der Waals surface area contributed by atoms with Gasteiger partial charge >= 0.3 is 5.69 Å². The summed E-state index contributed by atoms with van der Waals surface area (Å²) in [5.41, 5.74) is 4.52. The van der Waals surface area contributed by atoms with E-state index in [0.717, 1.165) is 53.5 Å². The van der Waals surface area contributed by atoms with Crippen LogP contribution >= 0.6 is 11.3 Å². The summed E-state index contributed by atoms with van der Waals surface area (Å²) in [5.74, 6) is 0.127. The van der Waals surface area contributed by atoms with E-state index in [4.69, 9.17) is 4.98 Å². The lowest BCUT2D eigenvalue weighted by atomic mass is 9.97. The van der Waals surface area contributed by atoms with E-state index in [0.29, 0.717) is 12.2 Å². The molecule has 1 aliphatic heterocycles. The first-order valence-electron chi connectivity index (χ1n) is 12.0. The molecule has 4 aromatic rings. The predicted molar refractivity (Wildman–Crippen MR) is 142 cm³/mol. The number of anilines is 1. The average Bonchev–Trinajstić information content (AvgIpc) is 3.47. The Labute approximate surface area is 209 Å². The molecule has 0 bridgehead atoms. The summed E-state index contributed by atoms with van der Waals surface area (Å²) in [6.45, 7) is 10.1. The maximum Gasteiger partial charge on any atom is 0.330 e. The van der Waals surface area contributed by atoms with Crippen LogP contribution in [0.3, 0.4) is 0 Å². The minimum Gasteiger partial charge on any atom is -0.368 e. The fourth-order valence-electron chi connectivity index (χ4n) is 4.63. The summed E-state index contributed by atoms with van der Waals surface area (Å²) in [4.78, 5) is 35.3. The molecule has 1 amide bonds. The Morgan fingerprint density at radius 3 is 2.34 bits per heavy atom. The molecule has 4 heterocycles. The number of carbonyl (C=O) groups excluding carboxylic acids is 1. The van der Waals surface area contributed by atoms with Crippen LogP contribution in [0, 0.1) is 5.41 Å². The summed E-state index contributed by atoms with van der Waals surface area (Å²) in [6.07, 6.45) is 0. The number of nitrogens with zero attached hydrogens (tertiary/aromatic N) is 5. The van der Waals surface area contributed by atoms with Gasteiger partial charge in [-0.3, -0.25) is 13.9 Å². The number of aromatic nitrogens is 3. The first-order chi connectivity index (χ1) is 16.7. The maximum atomic E-state index is 12.8. The lowest BCUT2D eigenvalue weighted by Crippen LogP contribution is -2.48. The van der Waals surface area contributed by atoms with Gasteiger partial charge in [0.15, 0.2) is 5.65 Å². The van der Waals surface area contributed by atoms with Gasteiger partial charge in [-0.15, -0.1) is 11.3 Å². The van der Waals surface area contributed by atoms with Crippen molar-refractivity contribution in [2.45, 2.75) is 27.3 Å². The molecular weight excluding hydrogens is 458 g/mol. The molecule has 0 saturated carbocycles. The maximum absolute atomic E-state index is 12.8. The van der Waals surface area contributed by atoms with Crippen molar-refractivity contribution in [3.8, 4) is 11.3 Å². The summed E-state index contributed by atoms with van der Waals surface area (Å²) in [6, 6.07) is 16.2. The van der Waals surface area contributed by atoms with Crippen LogP contribution in [0.5, 0.6) is 0 Å². The van der Waals surface area contributed by atoms with E-state index >= 15 is 0 Å². The molecule has 0 atom stereocenters. The Hall–Kier alpha value is -3.39. The molecule has 0 spiro atoms. The first-order valence-corrected chi connectivity index (χ1v) is 12.8. The Bertz CT molecular complexity index is 1400. The summed E-state index contributed by atoms with van der Waals surface area (Å²) in [5, 5.41) is 1.94. The lowest BCUT2D eigenvalue weighted by molar-refractivity contribution is 0.0751. The normalized spacial score (nSPS) is 14.6. The fraction of sp³-hybridized carbons (Fsp3) is 0.370. The molecular formula is C27H31N5O2S. The van der Waals surface area contributed by atoms with Crippen molar-refractivity contribution in [3.05, 3.63) is 69.3 Å². The Morgan fingerprint density at radius 2 is 1.71 bits per heavy atom. The molecule has 8 heteroatoms. The number of benzene rings is 1. The van der Waals surface area contributed by atoms with Crippen LogP contribution in [0.4, 0.5) is 5.69 Å². The number of amides is 1. The van der Waals surface area contributed by atoms with E-state index in [1.807, 2.05) is 39.1 Å². The van der Waals surface area contributed by atoms with E-state index < -0.39 is 0 Å². The van der Waals surface area contributed by atoms with E-state index in [9.17, 15) is 9.59 Å². The van der Waals surface area contributed by atoms with Crippen LogP contribution in [0.2, 0.25) is 0 Å². The van der Waals surface area contributed by atoms with Gasteiger partial charge in [0.25, 0.3) is 5.91 Å². The summed E-state index contributed by atoms with van der Waals surface area (Å²) >= 11 is 1.50. The second kappa shape index (κ2) is 9.00. The van der Waals surface area contributed by atoms with Crippen LogP contribution in [0.15, 0.2) is 58.7 Å². The van der Waals surface area contributed by atoms with Gasteiger partial charge in [0.05, 0.1) is 16.1 Å². The molecule has 1 fully saturated rings. The van der Waals surface area contributed by atoms with Crippen LogP contribution in [0.1, 0.15) is 30.4 Å². The number of piperazine rings is 1. The van der Waals surface area contributed by atoms with Gasteiger partial charge < -0.3 is 9.80 Å². The molecule has 1 aromatic carbocycles. The monoisotopic (exact) mass is 489 g/mol. The van der Waals surface area contributed by atoms with Crippen LogP contribution in [0.25, 0.3) is 22.4 Å². The summed E-state index contributed by atoms with van der Waals surface area (Å²) in [7, 11) is 1.78. The molecule has 1 aliphatic rings. The van der Waals surface area contributed by atoms with E-state index in [-0.39, 0.29) is 17.0 Å². The standard InChI is InChI=1S/C27H31N5O2S/c1-27(2,3)18-32-22-12-11-21(28-24(22)29(4)26(32)34)19-7-9-20(10-8-19)30-13-15-31(16-14-30)25(33)23-6-5-17-35-23/h5-12,17H,13-16,18H2,1-4H3. The molecule has 182 valence electrons. The summed E-state index contributed by atoms with van der Waals surface area (Å²) < 4.78 is 3.45. The Balaban J connectivity index is 1.32. The van der Waals surface area contributed by atoms with Crippen molar-refractivity contribution < 1.29 is 4.79 Å². The Morgan fingerprint density at radius 1 is 1.00 bits per heavy atom. The average molecular weight is 490 g/mol. The van der Waals surface area contributed by atoms with Crippen LogP contribution in [-0.4, -0.2) is 51.1 Å². The van der Waals surface area contributed by atoms with Gasteiger partial charge in [0, 0.05) is 51.0 Å². The zero-order valence-corrected chi connectivity index (χ0v) is 21.5. The van der Waals surface area contributed by atoms with Crippen LogP contribution in [-0.2, 0) is 13.6 Å². The SMILES string of the molecule is Cn1c(=O)n(CC(C)(C)C)c2ccc(-c3ccc(N4CCN(C(=O)c5cccs5)CC4)cc3)nc21. The minimum atomic E-state index is -0.0355. The first kappa shape index (κ1) is 23.4. The number of fused-ring (bicyclic) bond motifs is 1. The van der Waals surface area contributed by atoms with E-state index in [1.54, 1.807) is 11.6 Å². The van der Waals surface area contributed by atoms with Crippen molar-refractivity contribution in [2.75, 3.05) is 31.1 Å². The van der Waals surface area contributed by atoms with Crippen molar-refractivity contribution in [2.24, 2.45) is 12.5 Å². The zero-order valence-electron chi connectivity index (χ0n) is 20.7. The van der Waals surface area contributed by atoms with Gasteiger partial charge in [0.2, 0.25) is 0 Å². The van der Waals surface area contributed by atoms with E-state index in [2.05, 4.69) is 49.9 Å². The number of hydrogen-bond donors (Lipinski definition) is 0. The topological polar surface area (TPSA) is 63.4 Å². The van der Waals surface area contributed by atoms with Crippen LogP contribution < -0.4 is 10.6 Å². The molecule has 3 aromatic heterocycles. The van der Waals surface area contributed by atoms with Crippen molar-refractivity contribution in [1.29, 1.82) is 0 Å². The smallest absolute Gasteiger partial charge is 0.330 e. The second-order valence-electron chi connectivity index (χ2n) is 10.3. The van der Waals surface area contributed by atoms with Crippen molar-refractivity contribution in [3.63, 3.8) is 0 Å². The van der Waals surface area contributed by atoms with E-state index in [1.165, 1.54) is 11.3 Å². The zero-order chi connectivity index (χ0) is 24.7. The third kappa shape index (κ3) is 4.62. The number of aryl methyl sites for hydroxylation is 1. The highest BCUT2D eigenvalue weighted by atomic mass is 32.1. The van der Waals surface area contributed by atoms with Gasteiger partial charge in [-0.05, 0) is 41.1 Å². The highest BCUT2D eigenvalue weighted by molar-refractivity contribution is 7.12. The van der Waals surface area contributed by atoms with Gasteiger partial charge in [-0.2, -0.15) is 0 Å². The predicted octanol–water partition coefficient (Wildman–Crippen LogP) is 4.47. The molecule has 7 nitrogen and oxygen atoms in total. The number of carbonyl (C=O) groups is 1. The molecule has 0 unspecified atom stereocenters. The molecule has 0 radical (unpaired) electrons. The molecule has 0 N–H and O–H groups in total. The number of hydrogen-bond acceptors (Lipinski definition) is 5. The lowest BCUT2D eigenvalue weighted by Gasteiger charge is -2.36. The number of rotatable bonds is 4. The third-order valence-corrected chi connectivity index (χ3v) is 7.30. The number of imidazole rings is 1. The molecule has 35 heavy (non-hydrogen) atoms. The minimum absolute atomic E-state index is 0.00462. The molecule has 5 rings (SSSR count). The van der Waals surface area contributed by atoms with Gasteiger partial charge in [-0.1, -0.05) is 39.0 Å². The third-order valence-electron chi connectivity index (χ3n) is 6.44. The van der Waals surface area contributed by atoms with Gasteiger partial charge in [0.1, 0.15) is 0 Å².